The monoisotopic (exact) mass is 288 g/mol. The first-order chi connectivity index (χ1) is 8.96. The van der Waals surface area contributed by atoms with Gasteiger partial charge in [0.1, 0.15) is 0 Å². The number of aromatic nitrogens is 2. The largest absolute Gasteiger partial charge is 0.478 e. The maximum Gasteiger partial charge on any atom is 0.226 e. The Morgan fingerprint density at radius 2 is 2.11 bits per heavy atom. The van der Waals surface area contributed by atoms with Gasteiger partial charge in [-0.05, 0) is 20.4 Å². The Kier molecular flexibility index (Phi) is 5.97. The molecule has 1 heterocycles. The summed E-state index contributed by atoms with van der Waals surface area (Å²) in [6.07, 6.45) is 0.895. The summed E-state index contributed by atoms with van der Waals surface area (Å²) >= 11 is 0. The van der Waals surface area contributed by atoms with Gasteiger partial charge in [-0.3, -0.25) is 0 Å². The fourth-order valence-electron chi connectivity index (χ4n) is 1.30. The quantitative estimate of drug-likeness (QED) is 0.725. The molecule has 0 unspecified atom stereocenters. The first kappa shape index (κ1) is 15.6. The molecule has 7 nitrogen and oxygen atoms in total. The molecule has 0 bridgehead atoms. The predicted molar refractivity (Wildman–Crippen MR) is 73.9 cm³/mol. The van der Waals surface area contributed by atoms with Crippen LogP contribution in [0.3, 0.4) is 0 Å². The summed E-state index contributed by atoms with van der Waals surface area (Å²) in [7, 11) is -1.84. The highest BCUT2D eigenvalue weighted by Gasteiger charge is 2.07. The number of anilines is 1. The number of hydrogen-bond acceptors (Lipinski definition) is 6. The summed E-state index contributed by atoms with van der Waals surface area (Å²) in [6.45, 7) is 4.66. The maximum atomic E-state index is 11.2. The van der Waals surface area contributed by atoms with E-state index in [2.05, 4.69) is 20.0 Å². The van der Waals surface area contributed by atoms with Gasteiger partial charge < -0.3 is 10.1 Å². The molecule has 1 aromatic heterocycles. The van der Waals surface area contributed by atoms with E-state index in [1.54, 1.807) is 6.07 Å². The van der Waals surface area contributed by atoms with Gasteiger partial charge in [0.2, 0.25) is 21.9 Å². The van der Waals surface area contributed by atoms with Gasteiger partial charge in [0.05, 0.1) is 12.4 Å². The van der Waals surface area contributed by atoms with E-state index < -0.39 is 10.0 Å². The fourth-order valence-corrected chi connectivity index (χ4v) is 1.87. The lowest BCUT2D eigenvalue weighted by molar-refractivity contribution is 0.305. The summed E-state index contributed by atoms with van der Waals surface area (Å²) in [5.41, 5.74) is 0.764. The van der Waals surface area contributed by atoms with E-state index in [0.717, 1.165) is 12.1 Å². The average Bonchev–Trinajstić information content (AvgIpc) is 2.35. The van der Waals surface area contributed by atoms with Gasteiger partial charge in [0.15, 0.2) is 0 Å². The third kappa shape index (κ3) is 5.84. The zero-order valence-electron chi connectivity index (χ0n) is 11.4. The Hall–Kier alpha value is -1.41. The maximum absolute atomic E-state index is 11.2. The van der Waals surface area contributed by atoms with Crippen molar-refractivity contribution in [3.05, 3.63) is 11.8 Å². The molecule has 2 N–H and O–H groups in total. The molecule has 0 amide bonds. The molecule has 0 aliphatic rings. The number of ether oxygens (including phenoxy) is 1. The predicted octanol–water partition coefficient (Wildman–Crippen LogP) is 0.535. The zero-order valence-corrected chi connectivity index (χ0v) is 12.2. The minimum absolute atomic E-state index is 0.0358. The highest BCUT2D eigenvalue weighted by atomic mass is 32.2. The van der Waals surface area contributed by atoms with Crippen LogP contribution in [0.5, 0.6) is 5.88 Å². The summed E-state index contributed by atoms with van der Waals surface area (Å²) in [4.78, 5) is 8.33. The number of hydrogen-bond donors (Lipinski definition) is 2. The van der Waals surface area contributed by atoms with Crippen LogP contribution in [0.4, 0.5) is 5.95 Å². The van der Waals surface area contributed by atoms with Crippen molar-refractivity contribution in [1.82, 2.24) is 14.7 Å². The molecule has 1 aromatic rings. The molecule has 0 saturated carbocycles. The van der Waals surface area contributed by atoms with Gasteiger partial charge in [0, 0.05) is 18.3 Å². The van der Waals surface area contributed by atoms with Crippen molar-refractivity contribution < 1.29 is 13.2 Å². The first-order valence-electron chi connectivity index (χ1n) is 6.10. The van der Waals surface area contributed by atoms with E-state index in [1.807, 2.05) is 13.8 Å². The van der Waals surface area contributed by atoms with Crippen LogP contribution in [-0.2, 0) is 10.0 Å². The second-order valence-corrected chi connectivity index (χ2v) is 6.02. The second-order valence-electron chi connectivity index (χ2n) is 3.97. The third-order valence-electron chi connectivity index (χ3n) is 2.25. The van der Waals surface area contributed by atoms with E-state index in [0.29, 0.717) is 18.4 Å². The molecule has 0 spiro atoms. The number of aryl methyl sites for hydroxylation is 1. The Balaban J connectivity index is 2.60. The summed E-state index contributed by atoms with van der Waals surface area (Å²) in [6, 6.07) is 1.74. The standard InChI is InChI=1S/C11H20N4O3S/c1-4-6-18-10-8-9(2)14-11(15-10)13-5-7-19(16,17)12-3/h8,12H,4-7H2,1-3H3,(H,13,14,15). The van der Waals surface area contributed by atoms with Crippen LogP contribution < -0.4 is 14.8 Å². The van der Waals surface area contributed by atoms with Gasteiger partial charge in [-0.15, -0.1) is 0 Å². The van der Waals surface area contributed by atoms with E-state index in [9.17, 15) is 8.42 Å². The highest BCUT2D eigenvalue weighted by molar-refractivity contribution is 7.89. The van der Waals surface area contributed by atoms with E-state index >= 15 is 0 Å². The topological polar surface area (TPSA) is 93.2 Å². The number of nitrogens with one attached hydrogen (secondary N) is 2. The molecule has 0 atom stereocenters. The van der Waals surface area contributed by atoms with Crippen LogP contribution >= 0.6 is 0 Å². The van der Waals surface area contributed by atoms with Crippen molar-refractivity contribution in [3.8, 4) is 5.88 Å². The Labute approximate surface area is 113 Å². The Morgan fingerprint density at radius 3 is 2.74 bits per heavy atom. The molecule has 0 fully saturated rings. The molecular formula is C11H20N4O3S. The van der Waals surface area contributed by atoms with Gasteiger partial charge >= 0.3 is 0 Å². The Morgan fingerprint density at radius 1 is 1.37 bits per heavy atom. The lowest BCUT2D eigenvalue weighted by Crippen LogP contribution is -2.26. The summed E-state index contributed by atoms with van der Waals surface area (Å²) in [5, 5.41) is 2.87. The zero-order chi connectivity index (χ0) is 14.3. The lowest BCUT2D eigenvalue weighted by atomic mass is 10.4. The molecule has 0 aliphatic carbocycles. The third-order valence-corrected chi connectivity index (χ3v) is 3.61. The average molecular weight is 288 g/mol. The molecule has 19 heavy (non-hydrogen) atoms. The van der Waals surface area contributed by atoms with Gasteiger partial charge in [0.25, 0.3) is 0 Å². The van der Waals surface area contributed by atoms with Crippen molar-refractivity contribution in [2.75, 3.05) is 31.3 Å². The second kappa shape index (κ2) is 7.25. The molecule has 0 saturated heterocycles. The van der Waals surface area contributed by atoms with Gasteiger partial charge in [-0.25, -0.2) is 18.1 Å². The lowest BCUT2D eigenvalue weighted by Gasteiger charge is -2.09. The van der Waals surface area contributed by atoms with Crippen LogP contribution in [0.15, 0.2) is 6.07 Å². The van der Waals surface area contributed by atoms with E-state index in [1.165, 1.54) is 7.05 Å². The van der Waals surface area contributed by atoms with Crippen LogP contribution in [0, 0.1) is 6.92 Å². The molecule has 8 heteroatoms. The Bertz CT molecular complexity index is 505. The molecule has 0 radical (unpaired) electrons. The number of nitrogens with zero attached hydrogens (tertiary/aromatic N) is 2. The fraction of sp³-hybridized carbons (Fsp3) is 0.636. The van der Waals surface area contributed by atoms with Crippen molar-refractivity contribution >= 4 is 16.0 Å². The van der Waals surface area contributed by atoms with Crippen molar-refractivity contribution in [3.63, 3.8) is 0 Å². The number of rotatable bonds is 8. The molecule has 108 valence electrons. The van der Waals surface area contributed by atoms with E-state index in [-0.39, 0.29) is 12.3 Å². The van der Waals surface area contributed by atoms with Crippen molar-refractivity contribution in [2.24, 2.45) is 0 Å². The highest BCUT2D eigenvalue weighted by Crippen LogP contribution is 2.12. The summed E-state index contributed by atoms with van der Waals surface area (Å²) in [5.74, 6) is 0.831. The first-order valence-corrected chi connectivity index (χ1v) is 7.75. The van der Waals surface area contributed by atoms with Crippen molar-refractivity contribution in [2.45, 2.75) is 20.3 Å². The molecule has 0 aromatic carbocycles. The molecule has 0 aliphatic heterocycles. The van der Waals surface area contributed by atoms with Crippen LogP contribution in [0.2, 0.25) is 0 Å². The van der Waals surface area contributed by atoms with Gasteiger partial charge in [-0.1, -0.05) is 6.92 Å². The van der Waals surface area contributed by atoms with E-state index in [4.69, 9.17) is 4.74 Å². The van der Waals surface area contributed by atoms with Crippen LogP contribution in [-0.4, -0.2) is 44.3 Å². The summed E-state index contributed by atoms with van der Waals surface area (Å²) < 4.78 is 30.2. The van der Waals surface area contributed by atoms with Crippen molar-refractivity contribution in [1.29, 1.82) is 0 Å². The molecular weight excluding hydrogens is 268 g/mol. The minimum atomic E-state index is -3.22. The SMILES string of the molecule is CCCOc1cc(C)nc(NCCS(=O)(=O)NC)n1. The molecule has 1 rings (SSSR count). The minimum Gasteiger partial charge on any atom is -0.478 e. The normalized spacial score (nSPS) is 11.3. The van der Waals surface area contributed by atoms with Gasteiger partial charge in [-0.2, -0.15) is 4.98 Å². The number of sulfonamides is 1. The smallest absolute Gasteiger partial charge is 0.226 e. The van der Waals surface area contributed by atoms with Crippen LogP contribution in [0.25, 0.3) is 0 Å². The van der Waals surface area contributed by atoms with Crippen LogP contribution in [0.1, 0.15) is 19.0 Å².